The number of phenolic OH excluding ortho intramolecular Hbond substituents is 2. The van der Waals surface area contributed by atoms with Gasteiger partial charge in [0.25, 0.3) is 0 Å². The second kappa shape index (κ2) is 8.43. The zero-order valence-corrected chi connectivity index (χ0v) is 11.7. The smallest absolute Gasteiger partial charge is 0.306 e. The van der Waals surface area contributed by atoms with E-state index in [0.717, 1.165) is 12.8 Å². The summed E-state index contributed by atoms with van der Waals surface area (Å²) in [4.78, 5) is 11.6. The van der Waals surface area contributed by atoms with Gasteiger partial charge in [-0.15, -0.1) is 0 Å². The van der Waals surface area contributed by atoms with Gasteiger partial charge in [-0.3, -0.25) is 4.79 Å². The molecule has 1 rings (SSSR count). The zero-order chi connectivity index (χ0) is 15.0. The molecule has 1 aromatic carbocycles. The van der Waals surface area contributed by atoms with Gasteiger partial charge in [0.05, 0.1) is 13.0 Å². The van der Waals surface area contributed by atoms with E-state index in [1.165, 1.54) is 12.1 Å². The third-order valence-corrected chi connectivity index (χ3v) is 3.05. The Balaban J connectivity index is 2.52. The molecule has 0 amide bonds. The molecule has 0 aromatic heterocycles. The molecule has 5 heteroatoms. The molecule has 1 unspecified atom stereocenters. The highest BCUT2D eigenvalue weighted by molar-refractivity contribution is 5.69. The first-order valence-corrected chi connectivity index (χ1v) is 6.84. The second-order valence-electron chi connectivity index (χ2n) is 4.84. The maximum atomic E-state index is 11.6. The third kappa shape index (κ3) is 5.48. The first-order chi connectivity index (χ1) is 9.56. The molecule has 1 aromatic rings. The first kappa shape index (κ1) is 16.3. The number of esters is 1. The lowest BCUT2D eigenvalue weighted by molar-refractivity contribution is -0.145. The van der Waals surface area contributed by atoms with Crippen LogP contribution in [0.15, 0.2) is 18.2 Å². The van der Waals surface area contributed by atoms with E-state index in [2.05, 4.69) is 0 Å². The molecule has 0 radical (unpaired) electrons. The summed E-state index contributed by atoms with van der Waals surface area (Å²) in [5.41, 5.74) is 0.586. The van der Waals surface area contributed by atoms with Gasteiger partial charge in [0.15, 0.2) is 0 Å². The van der Waals surface area contributed by atoms with Crippen LogP contribution in [0.4, 0.5) is 0 Å². The number of carbonyl (C=O) groups excluding carboxylic acids is 1. The summed E-state index contributed by atoms with van der Waals surface area (Å²) in [5.74, 6) is -0.705. The Morgan fingerprint density at radius 2 is 2.10 bits per heavy atom. The average molecular weight is 282 g/mol. The number of hydrogen-bond donors (Lipinski definition) is 3. The highest BCUT2D eigenvalue weighted by Crippen LogP contribution is 2.25. The molecule has 0 aliphatic heterocycles. The van der Waals surface area contributed by atoms with Crippen LogP contribution in [-0.2, 0) is 16.0 Å². The predicted octanol–water partition coefficient (Wildman–Crippen LogP) is 1.98. The summed E-state index contributed by atoms with van der Waals surface area (Å²) in [6, 6.07) is 4.28. The summed E-state index contributed by atoms with van der Waals surface area (Å²) in [6.45, 7) is 2.25. The Kier molecular flexibility index (Phi) is 6.87. The Labute approximate surface area is 118 Å². The van der Waals surface area contributed by atoms with Crippen LogP contribution < -0.4 is 0 Å². The van der Waals surface area contributed by atoms with Crippen molar-refractivity contribution in [3.8, 4) is 11.5 Å². The van der Waals surface area contributed by atoms with Crippen molar-refractivity contribution in [2.24, 2.45) is 5.92 Å². The molecule has 20 heavy (non-hydrogen) atoms. The van der Waals surface area contributed by atoms with Gasteiger partial charge < -0.3 is 20.1 Å². The molecule has 0 spiro atoms. The molecule has 0 heterocycles. The summed E-state index contributed by atoms with van der Waals surface area (Å²) >= 11 is 0. The van der Waals surface area contributed by atoms with E-state index in [9.17, 15) is 20.1 Å². The molecular formula is C15H22O5. The maximum Gasteiger partial charge on any atom is 0.306 e. The van der Waals surface area contributed by atoms with Crippen molar-refractivity contribution in [1.29, 1.82) is 0 Å². The molecule has 0 fully saturated rings. The lowest BCUT2D eigenvalue weighted by Gasteiger charge is -2.14. The van der Waals surface area contributed by atoms with Crippen molar-refractivity contribution >= 4 is 5.97 Å². The highest BCUT2D eigenvalue weighted by Gasteiger charge is 2.16. The van der Waals surface area contributed by atoms with Gasteiger partial charge in [0.1, 0.15) is 11.5 Å². The lowest BCUT2D eigenvalue weighted by atomic mass is 9.96. The normalized spacial score (nSPS) is 12.1. The Morgan fingerprint density at radius 3 is 2.70 bits per heavy atom. The molecule has 0 bridgehead atoms. The predicted molar refractivity (Wildman–Crippen MR) is 74.5 cm³/mol. The van der Waals surface area contributed by atoms with E-state index < -0.39 is 0 Å². The van der Waals surface area contributed by atoms with E-state index in [-0.39, 0.29) is 36.4 Å². The number of hydrogen-bond acceptors (Lipinski definition) is 5. The Bertz CT molecular complexity index is 430. The van der Waals surface area contributed by atoms with Gasteiger partial charge in [-0.1, -0.05) is 19.4 Å². The van der Waals surface area contributed by atoms with Crippen molar-refractivity contribution in [2.75, 3.05) is 13.2 Å². The first-order valence-electron chi connectivity index (χ1n) is 6.84. The van der Waals surface area contributed by atoms with Crippen LogP contribution in [0.1, 0.15) is 31.7 Å². The lowest BCUT2D eigenvalue weighted by Crippen LogP contribution is -2.17. The van der Waals surface area contributed by atoms with Crippen LogP contribution in [0.25, 0.3) is 0 Å². The topological polar surface area (TPSA) is 87.0 Å². The molecular weight excluding hydrogens is 260 g/mol. The van der Waals surface area contributed by atoms with Gasteiger partial charge in [0, 0.05) is 12.7 Å². The molecule has 112 valence electrons. The maximum absolute atomic E-state index is 11.6. The van der Waals surface area contributed by atoms with E-state index in [0.29, 0.717) is 18.6 Å². The largest absolute Gasteiger partial charge is 0.508 e. The number of aliphatic hydroxyl groups excluding tert-OH is 1. The number of carbonyl (C=O) groups is 1. The van der Waals surface area contributed by atoms with Crippen molar-refractivity contribution in [1.82, 2.24) is 0 Å². The Hall–Kier alpha value is -1.75. The zero-order valence-electron chi connectivity index (χ0n) is 11.7. The fourth-order valence-corrected chi connectivity index (χ4v) is 1.86. The van der Waals surface area contributed by atoms with Gasteiger partial charge >= 0.3 is 5.97 Å². The minimum Gasteiger partial charge on any atom is -0.508 e. The number of aliphatic hydroxyl groups is 1. The molecule has 1 atom stereocenters. The second-order valence-corrected chi connectivity index (χ2v) is 4.84. The van der Waals surface area contributed by atoms with Crippen molar-refractivity contribution < 1.29 is 24.9 Å². The van der Waals surface area contributed by atoms with E-state index in [1.54, 1.807) is 6.07 Å². The average Bonchev–Trinajstić information content (AvgIpc) is 2.41. The number of aromatic hydroxyl groups is 2. The monoisotopic (exact) mass is 282 g/mol. The van der Waals surface area contributed by atoms with Gasteiger partial charge in [-0.05, 0) is 30.4 Å². The standard InChI is InChI=1S/C15H22O5/c1-2-3-6-20-15(19)8-11(10-16)7-12-4-5-13(17)9-14(12)18/h4-5,9,11,16-18H,2-3,6-8,10H2,1H3. The van der Waals surface area contributed by atoms with Crippen LogP contribution >= 0.6 is 0 Å². The minimum absolute atomic E-state index is 0.0224. The van der Waals surface area contributed by atoms with Crippen LogP contribution in [0.5, 0.6) is 11.5 Å². The van der Waals surface area contributed by atoms with E-state index in [1.807, 2.05) is 6.92 Å². The third-order valence-electron chi connectivity index (χ3n) is 3.05. The van der Waals surface area contributed by atoms with Crippen LogP contribution in [0.3, 0.4) is 0 Å². The number of benzene rings is 1. The fraction of sp³-hybridized carbons (Fsp3) is 0.533. The minimum atomic E-state index is -0.337. The fourth-order valence-electron chi connectivity index (χ4n) is 1.86. The summed E-state index contributed by atoms with van der Waals surface area (Å²) in [7, 11) is 0. The van der Waals surface area contributed by atoms with Crippen molar-refractivity contribution in [3.05, 3.63) is 23.8 Å². The van der Waals surface area contributed by atoms with Gasteiger partial charge in [0.2, 0.25) is 0 Å². The van der Waals surface area contributed by atoms with Gasteiger partial charge in [-0.25, -0.2) is 0 Å². The number of rotatable bonds is 8. The quantitative estimate of drug-likeness (QED) is 0.501. The molecule has 0 saturated carbocycles. The van der Waals surface area contributed by atoms with Crippen molar-refractivity contribution in [2.45, 2.75) is 32.6 Å². The molecule has 0 saturated heterocycles. The van der Waals surface area contributed by atoms with Crippen LogP contribution in [0.2, 0.25) is 0 Å². The van der Waals surface area contributed by atoms with Gasteiger partial charge in [-0.2, -0.15) is 0 Å². The van der Waals surface area contributed by atoms with E-state index in [4.69, 9.17) is 4.74 Å². The van der Waals surface area contributed by atoms with Crippen LogP contribution in [0, 0.1) is 5.92 Å². The van der Waals surface area contributed by atoms with Crippen LogP contribution in [-0.4, -0.2) is 34.5 Å². The summed E-state index contributed by atoms with van der Waals surface area (Å²) in [6.07, 6.45) is 2.25. The molecule has 5 nitrogen and oxygen atoms in total. The number of unbranched alkanes of at least 4 members (excludes halogenated alkanes) is 1. The molecule has 3 N–H and O–H groups in total. The van der Waals surface area contributed by atoms with Crippen molar-refractivity contribution in [3.63, 3.8) is 0 Å². The number of phenols is 2. The SMILES string of the molecule is CCCCOC(=O)CC(CO)Cc1ccc(O)cc1O. The number of ether oxygens (including phenoxy) is 1. The molecule has 0 aliphatic rings. The summed E-state index contributed by atoms with van der Waals surface area (Å²) in [5, 5.41) is 28.2. The summed E-state index contributed by atoms with van der Waals surface area (Å²) < 4.78 is 5.05. The molecule has 0 aliphatic carbocycles. The Morgan fingerprint density at radius 1 is 1.35 bits per heavy atom. The van der Waals surface area contributed by atoms with E-state index >= 15 is 0 Å². The highest BCUT2D eigenvalue weighted by atomic mass is 16.5.